The van der Waals surface area contributed by atoms with Crippen LogP contribution in [0, 0.1) is 13.8 Å². The molecule has 1 unspecified atom stereocenters. The second-order valence-corrected chi connectivity index (χ2v) is 10.4. The van der Waals surface area contributed by atoms with Gasteiger partial charge in [-0.05, 0) is 55.9 Å². The van der Waals surface area contributed by atoms with Gasteiger partial charge in [-0.15, -0.1) is 11.8 Å². The molecule has 182 valence electrons. The third-order valence-electron chi connectivity index (χ3n) is 4.67. The Morgan fingerprint density at radius 3 is 2.32 bits per heavy atom. The van der Waals surface area contributed by atoms with Gasteiger partial charge < -0.3 is 16.4 Å². The molecule has 0 bridgehead atoms. The summed E-state index contributed by atoms with van der Waals surface area (Å²) in [5.74, 6) is 0.899. The van der Waals surface area contributed by atoms with Crippen molar-refractivity contribution < 1.29 is 13.0 Å². The lowest BCUT2D eigenvalue weighted by atomic mass is 10.1. The first kappa shape index (κ1) is 27.6. The Labute approximate surface area is 211 Å². The molecule has 2 aromatic carbocycles. The summed E-state index contributed by atoms with van der Waals surface area (Å²) in [5, 5.41) is 6.85. The van der Waals surface area contributed by atoms with Crippen LogP contribution in [-0.2, 0) is 10.1 Å². The van der Waals surface area contributed by atoms with Crippen molar-refractivity contribution in [3.63, 3.8) is 0 Å². The largest absolute Gasteiger partial charge is 0.397 e. The average molecular weight is 519 g/mol. The van der Waals surface area contributed by atoms with Crippen LogP contribution in [0.4, 0.5) is 5.69 Å². The van der Waals surface area contributed by atoms with Crippen LogP contribution in [0.3, 0.4) is 0 Å². The van der Waals surface area contributed by atoms with Crippen LogP contribution in [0.2, 0.25) is 0 Å². The number of nitrogens with one attached hydrogen (secondary N) is 2. The summed E-state index contributed by atoms with van der Waals surface area (Å²) in [6.45, 7) is 4.62. The van der Waals surface area contributed by atoms with Crippen LogP contribution in [0.1, 0.15) is 27.8 Å². The molecular formula is C24H30N4O3S3. The number of nitrogens with zero attached hydrogens (tertiary/aromatic N) is 1. The van der Waals surface area contributed by atoms with Crippen molar-refractivity contribution in [3.8, 4) is 0 Å². The fourth-order valence-electron chi connectivity index (χ4n) is 2.90. The third kappa shape index (κ3) is 8.94. The summed E-state index contributed by atoms with van der Waals surface area (Å²) in [6, 6.07) is 20.2. The molecule has 1 heterocycles. The van der Waals surface area contributed by atoms with Crippen molar-refractivity contribution in [2.45, 2.75) is 24.0 Å². The average Bonchev–Trinajstić information content (AvgIpc) is 2.81. The number of anilines is 1. The molecule has 0 aliphatic carbocycles. The molecule has 5 N–H and O–H groups in total. The number of nitrogens with two attached hydrogens (primary N) is 1. The summed E-state index contributed by atoms with van der Waals surface area (Å²) in [7, 11) is -2.21. The molecule has 34 heavy (non-hydrogen) atoms. The quantitative estimate of drug-likeness (QED) is 0.208. The van der Waals surface area contributed by atoms with E-state index in [0.717, 1.165) is 34.9 Å². The lowest BCUT2D eigenvalue weighted by Crippen LogP contribution is -2.33. The van der Waals surface area contributed by atoms with Gasteiger partial charge in [0.25, 0.3) is 10.1 Å². The lowest BCUT2D eigenvalue weighted by molar-refractivity contribution is 0.483. The molecule has 3 aromatic rings. The zero-order valence-electron chi connectivity index (χ0n) is 19.4. The number of rotatable bonds is 7. The number of aryl methyl sites for hydroxylation is 2. The lowest BCUT2D eigenvalue weighted by Gasteiger charge is -2.19. The Kier molecular flexibility index (Phi) is 10.8. The van der Waals surface area contributed by atoms with Crippen molar-refractivity contribution in [1.29, 1.82) is 0 Å². The first-order valence-electron chi connectivity index (χ1n) is 10.5. The topological polar surface area (TPSA) is 117 Å². The number of aromatic nitrogens is 1. The van der Waals surface area contributed by atoms with Crippen LogP contribution in [0.15, 0.2) is 71.6 Å². The first-order valence-corrected chi connectivity index (χ1v) is 13.4. The predicted molar refractivity (Wildman–Crippen MR) is 145 cm³/mol. The summed E-state index contributed by atoms with van der Waals surface area (Å²) in [5.41, 5.74) is 11.0. The maximum absolute atomic E-state index is 10.5. The van der Waals surface area contributed by atoms with E-state index < -0.39 is 10.1 Å². The highest BCUT2D eigenvalue weighted by molar-refractivity contribution is 7.99. The molecule has 0 saturated heterocycles. The van der Waals surface area contributed by atoms with Crippen molar-refractivity contribution in [2.24, 2.45) is 0 Å². The minimum atomic E-state index is -4.02. The number of hydrogen-bond donors (Lipinski definition) is 4. The molecule has 0 saturated carbocycles. The van der Waals surface area contributed by atoms with Crippen molar-refractivity contribution in [1.82, 2.24) is 15.6 Å². The summed E-state index contributed by atoms with van der Waals surface area (Å²) < 4.78 is 29.6. The number of thioether (sulfide) groups is 1. The van der Waals surface area contributed by atoms with E-state index in [2.05, 4.69) is 27.8 Å². The van der Waals surface area contributed by atoms with Gasteiger partial charge in [-0.3, -0.25) is 9.54 Å². The first-order chi connectivity index (χ1) is 16.1. The zero-order chi connectivity index (χ0) is 25.1. The summed E-state index contributed by atoms with van der Waals surface area (Å²) in [6.07, 6.45) is 0. The van der Waals surface area contributed by atoms with Gasteiger partial charge in [0.2, 0.25) is 0 Å². The molecule has 0 spiro atoms. The van der Waals surface area contributed by atoms with Gasteiger partial charge in [-0.25, -0.2) is 0 Å². The van der Waals surface area contributed by atoms with E-state index in [1.165, 1.54) is 17.7 Å². The monoisotopic (exact) mass is 518 g/mol. The van der Waals surface area contributed by atoms with E-state index in [4.69, 9.17) is 22.5 Å². The Hall–Kier alpha value is -2.66. The van der Waals surface area contributed by atoms with Gasteiger partial charge in [0.05, 0.1) is 21.5 Å². The standard InChI is InChI=1S/C17H22N4S2.C7H8O3S/c1-12-8-9-14(18)15(21-12)16(13-6-4-3-5-7-13)23-11-10-20-17(22)19-2;1-6-2-4-7(5-3-6)11(8,9)10/h3-9,16H,10-11,18H2,1-2H3,(H2,19,20,22);2-5H,1H3,(H,8,9,10). The van der Waals surface area contributed by atoms with Gasteiger partial charge in [-0.1, -0.05) is 48.0 Å². The predicted octanol–water partition coefficient (Wildman–Crippen LogP) is 4.13. The molecule has 0 aliphatic rings. The number of benzene rings is 2. The highest BCUT2D eigenvalue weighted by Crippen LogP contribution is 2.37. The maximum Gasteiger partial charge on any atom is 0.294 e. The summed E-state index contributed by atoms with van der Waals surface area (Å²) in [4.78, 5) is 4.61. The van der Waals surface area contributed by atoms with Crippen molar-refractivity contribution >= 4 is 44.9 Å². The molecule has 1 aromatic heterocycles. The molecule has 1 atom stereocenters. The Bertz CT molecular complexity index is 1170. The third-order valence-corrected chi connectivity index (χ3v) is 7.15. The summed E-state index contributed by atoms with van der Waals surface area (Å²) >= 11 is 6.91. The number of nitrogen functional groups attached to an aromatic ring is 1. The molecule has 0 aliphatic heterocycles. The van der Waals surface area contributed by atoms with E-state index in [1.54, 1.807) is 12.1 Å². The minimum Gasteiger partial charge on any atom is -0.397 e. The number of hydrogen-bond acceptors (Lipinski definition) is 6. The Balaban J connectivity index is 0.000000310. The SMILES string of the molecule is CNC(=S)NCCSC(c1ccccc1)c1nc(C)ccc1N.Cc1ccc(S(=O)(=O)O)cc1. The highest BCUT2D eigenvalue weighted by Gasteiger charge is 2.19. The van der Waals surface area contributed by atoms with E-state index in [1.807, 2.05) is 63.0 Å². The van der Waals surface area contributed by atoms with E-state index in [-0.39, 0.29) is 10.1 Å². The van der Waals surface area contributed by atoms with E-state index >= 15 is 0 Å². The normalized spacial score (nSPS) is 11.6. The van der Waals surface area contributed by atoms with Crippen molar-refractivity contribution in [3.05, 3.63) is 89.2 Å². The molecule has 0 amide bonds. The molecule has 7 nitrogen and oxygen atoms in total. The van der Waals surface area contributed by atoms with Crippen LogP contribution < -0.4 is 16.4 Å². The highest BCUT2D eigenvalue weighted by atomic mass is 32.2. The number of thiocarbonyl (C=S) groups is 1. The Morgan fingerprint density at radius 1 is 1.09 bits per heavy atom. The van der Waals surface area contributed by atoms with E-state index in [9.17, 15) is 8.42 Å². The number of pyridine rings is 1. The van der Waals surface area contributed by atoms with Crippen molar-refractivity contribution in [2.75, 3.05) is 25.1 Å². The fourth-order valence-corrected chi connectivity index (χ4v) is 4.63. The maximum atomic E-state index is 10.5. The zero-order valence-corrected chi connectivity index (χ0v) is 21.8. The molecule has 0 radical (unpaired) electrons. The van der Waals surface area contributed by atoms with Crippen LogP contribution in [0.5, 0.6) is 0 Å². The molecule has 3 rings (SSSR count). The minimum absolute atomic E-state index is 0.0666. The van der Waals surface area contributed by atoms with Crippen LogP contribution >= 0.6 is 24.0 Å². The van der Waals surface area contributed by atoms with Gasteiger partial charge in [0.15, 0.2) is 5.11 Å². The van der Waals surface area contributed by atoms with Gasteiger partial charge in [0.1, 0.15) is 0 Å². The Morgan fingerprint density at radius 2 is 1.74 bits per heavy atom. The second-order valence-electron chi connectivity index (χ2n) is 7.38. The fraction of sp³-hybridized carbons (Fsp3) is 0.250. The van der Waals surface area contributed by atoms with Crippen LogP contribution in [-0.4, -0.2) is 42.4 Å². The van der Waals surface area contributed by atoms with Crippen LogP contribution in [0.25, 0.3) is 0 Å². The molecular weight excluding hydrogens is 488 g/mol. The van der Waals surface area contributed by atoms with Gasteiger partial charge >= 0.3 is 0 Å². The van der Waals surface area contributed by atoms with Gasteiger partial charge in [-0.2, -0.15) is 8.42 Å². The van der Waals surface area contributed by atoms with E-state index in [0.29, 0.717) is 5.11 Å². The smallest absolute Gasteiger partial charge is 0.294 e. The molecule has 10 heteroatoms. The van der Waals surface area contributed by atoms with Gasteiger partial charge in [0, 0.05) is 25.0 Å². The molecule has 0 fully saturated rings. The second kappa shape index (κ2) is 13.3.